The van der Waals surface area contributed by atoms with Crippen molar-refractivity contribution in [3.8, 4) is 0 Å². The van der Waals surface area contributed by atoms with Crippen LogP contribution >= 0.6 is 11.6 Å². The number of aromatic nitrogens is 1. The van der Waals surface area contributed by atoms with Crippen molar-refractivity contribution >= 4 is 34.1 Å². The lowest BCUT2D eigenvalue weighted by Gasteiger charge is -2.07. The summed E-state index contributed by atoms with van der Waals surface area (Å²) in [6.45, 7) is 0.288. The summed E-state index contributed by atoms with van der Waals surface area (Å²) in [7, 11) is 0. The van der Waals surface area contributed by atoms with Gasteiger partial charge in [0.05, 0.1) is 0 Å². The maximum absolute atomic E-state index is 12.0. The zero-order valence-corrected chi connectivity index (χ0v) is 11.5. The molecule has 2 aromatic carbocycles. The van der Waals surface area contributed by atoms with Crippen molar-refractivity contribution in [2.75, 3.05) is 5.32 Å². The second-order valence-corrected chi connectivity index (χ2v) is 4.99. The number of hydrogen-bond donors (Lipinski definition) is 1. The number of hydrogen-bond acceptors (Lipinski definition) is 1. The normalized spacial score (nSPS) is 10.7. The van der Waals surface area contributed by atoms with Crippen LogP contribution in [0.1, 0.15) is 0 Å². The topological polar surface area (TPSA) is 34.0 Å². The van der Waals surface area contributed by atoms with Gasteiger partial charge in [-0.2, -0.15) is 0 Å². The zero-order chi connectivity index (χ0) is 13.9. The van der Waals surface area contributed by atoms with E-state index in [2.05, 4.69) is 5.32 Å². The summed E-state index contributed by atoms with van der Waals surface area (Å²) >= 11 is 5.81. The van der Waals surface area contributed by atoms with E-state index in [1.807, 2.05) is 41.1 Å². The number of carbonyl (C=O) groups is 1. The standard InChI is InChI=1S/C16H13ClN2O/c17-13-5-7-14(8-6-13)18-16(20)11-19-10-9-12-3-1-2-4-15(12)19/h1-10H,11H2,(H,18,20). The van der Waals surface area contributed by atoms with Gasteiger partial charge in [-0.3, -0.25) is 4.79 Å². The van der Waals surface area contributed by atoms with E-state index in [4.69, 9.17) is 11.6 Å². The average Bonchev–Trinajstić information content (AvgIpc) is 2.85. The average molecular weight is 285 g/mol. The molecule has 0 saturated carbocycles. The van der Waals surface area contributed by atoms with Crippen LogP contribution in [0.25, 0.3) is 10.9 Å². The third-order valence-corrected chi connectivity index (χ3v) is 3.37. The fourth-order valence-corrected chi connectivity index (χ4v) is 2.29. The Hall–Kier alpha value is -2.26. The maximum Gasteiger partial charge on any atom is 0.244 e. The molecule has 0 aliphatic heterocycles. The molecule has 0 radical (unpaired) electrons. The molecule has 0 atom stereocenters. The molecule has 100 valence electrons. The second kappa shape index (κ2) is 5.39. The van der Waals surface area contributed by atoms with Gasteiger partial charge < -0.3 is 9.88 Å². The molecule has 0 fully saturated rings. The summed E-state index contributed by atoms with van der Waals surface area (Å²) in [4.78, 5) is 12.0. The lowest BCUT2D eigenvalue weighted by Crippen LogP contribution is -2.18. The lowest BCUT2D eigenvalue weighted by molar-refractivity contribution is -0.116. The molecule has 0 saturated heterocycles. The van der Waals surface area contributed by atoms with E-state index in [-0.39, 0.29) is 12.5 Å². The molecule has 1 heterocycles. The quantitative estimate of drug-likeness (QED) is 0.777. The van der Waals surface area contributed by atoms with E-state index < -0.39 is 0 Å². The molecule has 1 amide bonds. The molecule has 0 unspecified atom stereocenters. The fraction of sp³-hybridized carbons (Fsp3) is 0.0625. The minimum absolute atomic E-state index is 0.0614. The van der Waals surface area contributed by atoms with Gasteiger partial charge in [0.1, 0.15) is 6.54 Å². The first-order chi connectivity index (χ1) is 9.72. The van der Waals surface area contributed by atoms with Crippen LogP contribution in [0.2, 0.25) is 5.02 Å². The third-order valence-electron chi connectivity index (χ3n) is 3.12. The van der Waals surface area contributed by atoms with Crippen LogP contribution in [-0.4, -0.2) is 10.5 Å². The number of carbonyl (C=O) groups excluding carboxylic acids is 1. The van der Waals surface area contributed by atoms with Gasteiger partial charge in [0.25, 0.3) is 0 Å². The van der Waals surface area contributed by atoms with Crippen LogP contribution in [0, 0.1) is 0 Å². The number of anilines is 1. The van der Waals surface area contributed by atoms with Gasteiger partial charge in [-0.1, -0.05) is 29.8 Å². The number of rotatable bonds is 3. The third kappa shape index (κ3) is 2.68. The number of nitrogens with zero attached hydrogens (tertiary/aromatic N) is 1. The van der Waals surface area contributed by atoms with Gasteiger partial charge in [0, 0.05) is 22.4 Å². The number of para-hydroxylation sites is 1. The second-order valence-electron chi connectivity index (χ2n) is 4.56. The van der Waals surface area contributed by atoms with Crippen molar-refractivity contribution in [2.24, 2.45) is 0 Å². The van der Waals surface area contributed by atoms with Crippen LogP contribution in [0.15, 0.2) is 60.8 Å². The number of benzene rings is 2. The van der Waals surface area contributed by atoms with Crippen LogP contribution in [-0.2, 0) is 11.3 Å². The van der Waals surface area contributed by atoms with Crippen molar-refractivity contribution in [2.45, 2.75) is 6.54 Å². The fourth-order valence-electron chi connectivity index (χ4n) is 2.17. The van der Waals surface area contributed by atoms with Gasteiger partial charge in [-0.05, 0) is 41.8 Å². The van der Waals surface area contributed by atoms with Crippen LogP contribution in [0.5, 0.6) is 0 Å². The highest BCUT2D eigenvalue weighted by atomic mass is 35.5. The summed E-state index contributed by atoms with van der Waals surface area (Å²) in [6, 6.07) is 17.1. The molecule has 3 rings (SSSR count). The minimum Gasteiger partial charge on any atom is -0.338 e. The molecule has 4 heteroatoms. The largest absolute Gasteiger partial charge is 0.338 e. The van der Waals surface area contributed by atoms with E-state index >= 15 is 0 Å². The van der Waals surface area contributed by atoms with Crippen LogP contribution in [0.3, 0.4) is 0 Å². The van der Waals surface area contributed by atoms with E-state index in [9.17, 15) is 4.79 Å². The Labute approximate surface area is 121 Å². The molecule has 20 heavy (non-hydrogen) atoms. The Morgan fingerprint density at radius 2 is 1.80 bits per heavy atom. The van der Waals surface area contributed by atoms with Crippen molar-refractivity contribution < 1.29 is 4.79 Å². The Kier molecular flexibility index (Phi) is 3.44. The highest BCUT2D eigenvalue weighted by Crippen LogP contribution is 2.16. The molecule has 3 nitrogen and oxygen atoms in total. The van der Waals surface area contributed by atoms with Crippen LogP contribution in [0.4, 0.5) is 5.69 Å². The van der Waals surface area contributed by atoms with E-state index in [0.717, 1.165) is 16.6 Å². The van der Waals surface area contributed by atoms with Crippen molar-refractivity contribution in [1.82, 2.24) is 4.57 Å². The van der Waals surface area contributed by atoms with Gasteiger partial charge in [-0.25, -0.2) is 0 Å². The molecular weight excluding hydrogens is 272 g/mol. The summed E-state index contributed by atoms with van der Waals surface area (Å²) in [6.07, 6.45) is 1.92. The Bertz CT molecular complexity index is 747. The monoisotopic (exact) mass is 284 g/mol. The molecule has 1 aromatic heterocycles. The number of nitrogens with one attached hydrogen (secondary N) is 1. The number of fused-ring (bicyclic) bond motifs is 1. The highest BCUT2D eigenvalue weighted by Gasteiger charge is 2.06. The van der Waals surface area contributed by atoms with Gasteiger partial charge >= 0.3 is 0 Å². The van der Waals surface area contributed by atoms with E-state index in [1.54, 1.807) is 24.3 Å². The van der Waals surface area contributed by atoms with E-state index in [0.29, 0.717) is 5.02 Å². The van der Waals surface area contributed by atoms with Crippen molar-refractivity contribution in [3.63, 3.8) is 0 Å². The molecule has 0 aliphatic carbocycles. The molecule has 0 aliphatic rings. The first kappa shape index (κ1) is 12.8. The summed E-state index contributed by atoms with van der Waals surface area (Å²) in [5.74, 6) is -0.0614. The minimum atomic E-state index is -0.0614. The zero-order valence-electron chi connectivity index (χ0n) is 10.7. The van der Waals surface area contributed by atoms with Gasteiger partial charge in [0.15, 0.2) is 0 Å². The van der Waals surface area contributed by atoms with Crippen molar-refractivity contribution in [3.05, 3.63) is 65.8 Å². The molecule has 0 spiro atoms. The molecule has 3 aromatic rings. The van der Waals surface area contributed by atoms with Gasteiger partial charge in [0.2, 0.25) is 5.91 Å². The Morgan fingerprint density at radius 1 is 1.05 bits per heavy atom. The smallest absolute Gasteiger partial charge is 0.244 e. The van der Waals surface area contributed by atoms with Gasteiger partial charge in [-0.15, -0.1) is 0 Å². The Morgan fingerprint density at radius 3 is 2.60 bits per heavy atom. The number of halogens is 1. The summed E-state index contributed by atoms with van der Waals surface area (Å²) in [5, 5.41) is 4.64. The first-order valence-electron chi connectivity index (χ1n) is 6.32. The van der Waals surface area contributed by atoms with Crippen LogP contribution < -0.4 is 5.32 Å². The highest BCUT2D eigenvalue weighted by molar-refractivity contribution is 6.30. The maximum atomic E-state index is 12.0. The molecule has 0 bridgehead atoms. The van der Waals surface area contributed by atoms with Crippen molar-refractivity contribution in [1.29, 1.82) is 0 Å². The first-order valence-corrected chi connectivity index (χ1v) is 6.69. The molecular formula is C16H13ClN2O. The predicted molar refractivity (Wildman–Crippen MR) is 82.0 cm³/mol. The number of amides is 1. The summed E-state index contributed by atoms with van der Waals surface area (Å²) < 4.78 is 1.93. The predicted octanol–water partition coefficient (Wildman–Crippen LogP) is 3.93. The van der Waals surface area contributed by atoms with E-state index in [1.165, 1.54) is 0 Å². The lowest BCUT2D eigenvalue weighted by atomic mass is 10.2. The molecule has 1 N–H and O–H groups in total. The Balaban J connectivity index is 1.74. The SMILES string of the molecule is O=C(Cn1ccc2ccccc21)Nc1ccc(Cl)cc1. The summed E-state index contributed by atoms with van der Waals surface area (Å²) in [5.41, 5.74) is 1.80.